The summed E-state index contributed by atoms with van der Waals surface area (Å²) in [5.41, 5.74) is 0. The fraction of sp³-hybridized carbons (Fsp3) is 0.200. The molecule has 3 nitrogen and oxygen atoms in total. The minimum atomic E-state index is -0.270. The highest BCUT2D eigenvalue weighted by molar-refractivity contribution is 8.00. The van der Waals surface area contributed by atoms with Gasteiger partial charge in [-0.25, -0.2) is 4.39 Å². The number of rotatable bonds is 4. The zero-order valence-electron chi connectivity index (χ0n) is 8.51. The number of ether oxygens (including phenoxy) is 1. The van der Waals surface area contributed by atoms with Gasteiger partial charge < -0.3 is 4.74 Å². The highest BCUT2D eigenvalue weighted by Crippen LogP contribution is 2.21. The third-order valence-corrected chi connectivity index (χ3v) is 3.67. The van der Waals surface area contributed by atoms with Gasteiger partial charge in [0.15, 0.2) is 9.35 Å². The summed E-state index contributed by atoms with van der Waals surface area (Å²) < 4.78 is 19.0. The number of benzene rings is 1. The van der Waals surface area contributed by atoms with Crippen LogP contribution in [0.2, 0.25) is 0 Å². The van der Waals surface area contributed by atoms with E-state index in [2.05, 4.69) is 10.2 Å². The number of hydrogen-bond acceptors (Lipinski definition) is 5. The van der Waals surface area contributed by atoms with Gasteiger partial charge in [-0.2, -0.15) is 0 Å². The number of thioether (sulfide) groups is 1. The maximum Gasteiger partial charge on any atom is 0.174 e. The highest BCUT2D eigenvalue weighted by Gasteiger charge is 2.03. The summed E-state index contributed by atoms with van der Waals surface area (Å²) >= 11 is 3.05. The summed E-state index contributed by atoms with van der Waals surface area (Å²) in [6, 6.07) is 5.91. The lowest BCUT2D eigenvalue weighted by atomic mass is 10.3. The molecule has 0 atom stereocenters. The minimum Gasteiger partial charge on any atom is -0.486 e. The van der Waals surface area contributed by atoms with Crippen LogP contribution in [-0.2, 0) is 6.61 Å². The lowest BCUT2D eigenvalue weighted by Gasteiger charge is -2.02. The Balaban J connectivity index is 1.94. The first-order valence-corrected chi connectivity index (χ1v) is 6.57. The third kappa shape index (κ3) is 2.93. The molecule has 6 heteroatoms. The molecule has 0 bridgehead atoms. The van der Waals surface area contributed by atoms with E-state index in [0.29, 0.717) is 12.4 Å². The molecule has 0 fully saturated rings. The van der Waals surface area contributed by atoms with Crippen LogP contribution < -0.4 is 4.74 Å². The minimum absolute atomic E-state index is 0.270. The van der Waals surface area contributed by atoms with Crippen LogP contribution in [0, 0.1) is 5.82 Å². The van der Waals surface area contributed by atoms with Crippen LogP contribution >= 0.6 is 23.1 Å². The van der Waals surface area contributed by atoms with Crippen LogP contribution in [0.1, 0.15) is 5.01 Å². The summed E-state index contributed by atoms with van der Waals surface area (Å²) in [7, 11) is 0. The Bertz CT molecular complexity index is 458. The zero-order chi connectivity index (χ0) is 11.4. The summed E-state index contributed by atoms with van der Waals surface area (Å²) in [6.45, 7) is 0.365. The largest absolute Gasteiger partial charge is 0.486 e. The van der Waals surface area contributed by atoms with Gasteiger partial charge in [0.1, 0.15) is 18.2 Å². The Morgan fingerprint density at radius 3 is 2.69 bits per heavy atom. The monoisotopic (exact) mass is 256 g/mol. The average molecular weight is 256 g/mol. The van der Waals surface area contributed by atoms with Crippen molar-refractivity contribution in [2.45, 2.75) is 10.9 Å². The van der Waals surface area contributed by atoms with E-state index in [-0.39, 0.29) is 5.82 Å². The van der Waals surface area contributed by atoms with Crippen molar-refractivity contribution in [3.63, 3.8) is 0 Å². The molecule has 84 valence electrons. The van der Waals surface area contributed by atoms with Crippen LogP contribution in [0.25, 0.3) is 0 Å². The number of nitrogens with zero attached hydrogens (tertiary/aromatic N) is 2. The number of halogens is 1. The van der Waals surface area contributed by atoms with E-state index in [1.807, 2.05) is 6.26 Å². The Kier molecular flexibility index (Phi) is 3.74. The normalized spacial score (nSPS) is 10.4. The molecule has 0 unspecified atom stereocenters. The second-order valence-corrected chi connectivity index (χ2v) is 5.02. The second kappa shape index (κ2) is 5.27. The molecule has 0 N–H and O–H groups in total. The molecule has 0 aliphatic rings. The first-order valence-electron chi connectivity index (χ1n) is 4.52. The van der Waals surface area contributed by atoms with Crippen molar-refractivity contribution in [1.82, 2.24) is 10.2 Å². The van der Waals surface area contributed by atoms with Crippen LogP contribution in [0.4, 0.5) is 4.39 Å². The fourth-order valence-corrected chi connectivity index (χ4v) is 2.28. The summed E-state index contributed by atoms with van der Waals surface area (Å²) in [6.07, 6.45) is 1.95. The van der Waals surface area contributed by atoms with Gasteiger partial charge in [-0.1, -0.05) is 23.1 Å². The van der Waals surface area contributed by atoms with Crippen molar-refractivity contribution in [2.24, 2.45) is 0 Å². The van der Waals surface area contributed by atoms with E-state index in [1.165, 1.54) is 23.5 Å². The molecule has 0 radical (unpaired) electrons. The smallest absolute Gasteiger partial charge is 0.174 e. The second-order valence-electron chi connectivity index (χ2n) is 2.91. The van der Waals surface area contributed by atoms with Crippen molar-refractivity contribution < 1.29 is 9.13 Å². The standard InChI is InChI=1S/C10H9FN2OS2/c1-15-10-13-12-9(16-10)6-14-8-4-2-7(11)3-5-8/h2-5H,6H2,1H3. The number of hydrogen-bond donors (Lipinski definition) is 0. The molecule has 2 aromatic rings. The van der Waals surface area contributed by atoms with Crippen LogP contribution in [-0.4, -0.2) is 16.5 Å². The van der Waals surface area contributed by atoms with Gasteiger partial charge in [-0.15, -0.1) is 10.2 Å². The fourth-order valence-electron chi connectivity index (χ4n) is 1.05. The molecule has 0 amide bonds. The Morgan fingerprint density at radius 2 is 2.06 bits per heavy atom. The third-order valence-electron chi connectivity index (χ3n) is 1.80. The van der Waals surface area contributed by atoms with Gasteiger partial charge >= 0.3 is 0 Å². The van der Waals surface area contributed by atoms with E-state index < -0.39 is 0 Å². The molecule has 16 heavy (non-hydrogen) atoms. The van der Waals surface area contributed by atoms with Crippen molar-refractivity contribution in [3.8, 4) is 5.75 Å². The molecule has 0 saturated carbocycles. The van der Waals surface area contributed by atoms with E-state index in [0.717, 1.165) is 9.35 Å². The molecule has 1 aromatic heterocycles. The van der Waals surface area contributed by atoms with Gasteiger partial charge in [-0.05, 0) is 30.5 Å². The van der Waals surface area contributed by atoms with Crippen molar-refractivity contribution in [1.29, 1.82) is 0 Å². The summed E-state index contributed by atoms with van der Waals surface area (Å²) in [5, 5.41) is 8.73. The lowest BCUT2D eigenvalue weighted by molar-refractivity contribution is 0.304. The van der Waals surface area contributed by atoms with Gasteiger partial charge in [0, 0.05) is 0 Å². The van der Waals surface area contributed by atoms with Gasteiger partial charge in [0.2, 0.25) is 0 Å². The predicted molar refractivity (Wildman–Crippen MR) is 62.4 cm³/mol. The van der Waals surface area contributed by atoms with Crippen molar-refractivity contribution in [3.05, 3.63) is 35.1 Å². The molecule has 0 spiro atoms. The molecule has 2 rings (SSSR count). The van der Waals surface area contributed by atoms with E-state index >= 15 is 0 Å². The quantitative estimate of drug-likeness (QED) is 0.788. The predicted octanol–water partition coefficient (Wildman–Crippen LogP) is 2.98. The van der Waals surface area contributed by atoms with Crippen LogP contribution in [0.15, 0.2) is 28.6 Å². The first kappa shape index (κ1) is 11.3. The average Bonchev–Trinajstić information content (AvgIpc) is 2.76. The lowest BCUT2D eigenvalue weighted by Crippen LogP contribution is -1.94. The SMILES string of the molecule is CSc1nnc(COc2ccc(F)cc2)s1. The van der Waals surface area contributed by atoms with Gasteiger partial charge in [0.25, 0.3) is 0 Å². The highest BCUT2D eigenvalue weighted by atomic mass is 32.2. The molecular weight excluding hydrogens is 247 g/mol. The van der Waals surface area contributed by atoms with E-state index in [4.69, 9.17) is 4.74 Å². The Hall–Kier alpha value is -1.14. The van der Waals surface area contributed by atoms with Crippen LogP contribution in [0.5, 0.6) is 5.75 Å². The molecule has 0 aliphatic heterocycles. The summed E-state index contributed by atoms with van der Waals surface area (Å²) in [4.78, 5) is 0. The molecule has 1 aromatic carbocycles. The molecule has 0 saturated heterocycles. The van der Waals surface area contributed by atoms with Crippen LogP contribution in [0.3, 0.4) is 0 Å². The zero-order valence-corrected chi connectivity index (χ0v) is 10.1. The summed E-state index contributed by atoms with van der Waals surface area (Å²) in [5.74, 6) is 0.357. The van der Waals surface area contributed by atoms with E-state index in [1.54, 1.807) is 23.9 Å². The van der Waals surface area contributed by atoms with Gasteiger partial charge in [0.05, 0.1) is 0 Å². The molecule has 1 heterocycles. The maximum atomic E-state index is 12.6. The Morgan fingerprint density at radius 1 is 1.31 bits per heavy atom. The van der Waals surface area contributed by atoms with Crippen molar-refractivity contribution in [2.75, 3.05) is 6.26 Å². The molecular formula is C10H9FN2OS2. The first-order chi connectivity index (χ1) is 7.78. The van der Waals surface area contributed by atoms with E-state index in [9.17, 15) is 4.39 Å². The topological polar surface area (TPSA) is 35.0 Å². The number of aromatic nitrogens is 2. The maximum absolute atomic E-state index is 12.6. The Labute approximate surface area is 101 Å². The van der Waals surface area contributed by atoms with Gasteiger partial charge in [-0.3, -0.25) is 0 Å². The van der Waals surface area contributed by atoms with Crippen molar-refractivity contribution >= 4 is 23.1 Å². The molecule has 0 aliphatic carbocycles.